The molecule has 2 atom stereocenters. The number of carbonyl (C=O) groups excluding carboxylic acids is 1. The summed E-state index contributed by atoms with van der Waals surface area (Å²) in [7, 11) is 0. The van der Waals surface area contributed by atoms with Gasteiger partial charge in [-0.2, -0.15) is 0 Å². The minimum absolute atomic E-state index is 0.0642. The largest absolute Gasteiger partial charge is 0.390 e. The molecule has 0 heterocycles. The smallest absolute Gasteiger partial charge is 0.155 e. The molecule has 0 aliphatic heterocycles. The van der Waals surface area contributed by atoms with Crippen LogP contribution in [0.15, 0.2) is 35.5 Å². The molecule has 0 amide bonds. The summed E-state index contributed by atoms with van der Waals surface area (Å²) in [6.45, 7) is 8.27. The predicted octanol–water partition coefficient (Wildman–Crippen LogP) is 4.75. The van der Waals surface area contributed by atoms with Gasteiger partial charge >= 0.3 is 0 Å². The van der Waals surface area contributed by atoms with E-state index >= 15 is 0 Å². The summed E-state index contributed by atoms with van der Waals surface area (Å²) < 4.78 is 0. The van der Waals surface area contributed by atoms with Gasteiger partial charge in [0.1, 0.15) is 0 Å². The highest BCUT2D eigenvalue weighted by molar-refractivity contribution is 5.90. The van der Waals surface area contributed by atoms with Gasteiger partial charge in [-0.25, -0.2) is 0 Å². The molecule has 118 valence electrons. The summed E-state index contributed by atoms with van der Waals surface area (Å²) in [6.07, 6.45) is 13.1. The van der Waals surface area contributed by atoms with Crippen molar-refractivity contribution in [2.75, 3.05) is 0 Å². The molecule has 0 bridgehead atoms. The average molecular weight is 290 g/mol. The Morgan fingerprint density at radius 3 is 2.67 bits per heavy atom. The Hall–Kier alpha value is -1.15. The van der Waals surface area contributed by atoms with Crippen molar-refractivity contribution in [3.63, 3.8) is 0 Å². The Morgan fingerprint density at radius 2 is 2.05 bits per heavy atom. The molecular formula is C19H30O2. The molecule has 0 spiro atoms. The van der Waals surface area contributed by atoms with E-state index in [4.69, 9.17) is 0 Å². The van der Waals surface area contributed by atoms with E-state index in [1.807, 2.05) is 13.0 Å². The number of hydrogen-bond acceptors (Lipinski definition) is 2. The molecule has 0 saturated carbocycles. The van der Waals surface area contributed by atoms with Crippen LogP contribution in [0.4, 0.5) is 0 Å². The van der Waals surface area contributed by atoms with Gasteiger partial charge in [0.2, 0.25) is 0 Å². The van der Waals surface area contributed by atoms with Gasteiger partial charge in [-0.3, -0.25) is 4.79 Å². The molecule has 1 N–H and O–H groups in total. The van der Waals surface area contributed by atoms with Crippen LogP contribution in [0.25, 0.3) is 0 Å². The van der Waals surface area contributed by atoms with Gasteiger partial charge in [0, 0.05) is 6.42 Å². The molecule has 0 radical (unpaired) electrons. The minimum Gasteiger partial charge on any atom is -0.390 e. The fraction of sp³-hybridized carbons (Fsp3) is 0.632. The standard InChI is InChI=1S/C19H30O2/c1-15(2)8-5-9-16(3)10-7-13-19(4,21)17-11-6-12-18(20)14-17/h6,8,10,12,17,21H,5,7,9,11,13-14H2,1-4H3/b16-10+/t17-,19+/m1/s1. The van der Waals surface area contributed by atoms with E-state index in [1.54, 1.807) is 6.08 Å². The third kappa shape index (κ3) is 6.90. The molecule has 1 aliphatic rings. The highest BCUT2D eigenvalue weighted by Crippen LogP contribution is 2.31. The van der Waals surface area contributed by atoms with Crippen LogP contribution in [0, 0.1) is 5.92 Å². The van der Waals surface area contributed by atoms with Gasteiger partial charge in [-0.05, 0) is 71.8 Å². The van der Waals surface area contributed by atoms with Gasteiger partial charge in [-0.15, -0.1) is 0 Å². The lowest BCUT2D eigenvalue weighted by Crippen LogP contribution is -2.36. The fourth-order valence-electron chi connectivity index (χ4n) is 2.74. The lowest BCUT2D eigenvalue weighted by atomic mass is 9.77. The molecule has 0 aromatic rings. The first-order valence-electron chi connectivity index (χ1n) is 8.02. The molecule has 0 aromatic carbocycles. The molecule has 2 heteroatoms. The normalized spacial score (nSPS) is 22.0. The van der Waals surface area contributed by atoms with Crippen LogP contribution in [-0.4, -0.2) is 16.5 Å². The van der Waals surface area contributed by atoms with E-state index in [2.05, 4.69) is 32.9 Å². The summed E-state index contributed by atoms with van der Waals surface area (Å²) >= 11 is 0. The molecule has 0 unspecified atom stereocenters. The van der Waals surface area contributed by atoms with E-state index in [0.29, 0.717) is 6.42 Å². The van der Waals surface area contributed by atoms with E-state index in [-0.39, 0.29) is 11.7 Å². The van der Waals surface area contributed by atoms with E-state index in [9.17, 15) is 9.90 Å². The van der Waals surface area contributed by atoms with Crippen molar-refractivity contribution >= 4 is 5.78 Å². The summed E-state index contributed by atoms with van der Waals surface area (Å²) in [5.74, 6) is 0.203. The molecule has 1 aliphatic carbocycles. The number of ketones is 1. The summed E-state index contributed by atoms with van der Waals surface area (Å²) in [6, 6.07) is 0. The van der Waals surface area contributed by atoms with E-state index in [1.165, 1.54) is 11.1 Å². The molecule has 0 fully saturated rings. The first kappa shape index (κ1) is 17.9. The summed E-state index contributed by atoms with van der Waals surface area (Å²) in [5, 5.41) is 10.6. The van der Waals surface area contributed by atoms with Gasteiger partial charge in [0.15, 0.2) is 5.78 Å². The Morgan fingerprint density at radius 1 is 1.33 bits per heavy atom. The van der Waals surface area contributed by atoms with Gasteiger partial charge in [0.25, 0.3) is 0 Å². The molecule has 0 aromatic heterocycles. The number of allylic oxidation sites excluding steroid dienone is 6. The first-order valence-corrected chi connectivity index (χ1v) is 8.02. The van der Waals surface area contributed by atoms with Crippen LogP contribution in [0.5, 0.6) is 0 Å². The average Bonchev–Trinajstić information content (AvgIpc) is 2.38. The number of hydrogen-bond donors (Lipinski definition) is 1. The molecule has 0 saturated heterocycles. The lowest BCUT2D eigenvalue weighted by Gasteiger charge is -2.33. The van der Waals surface area contributed by atoms with Crippen molar-refractivity contribution in [3.8, 4) is 0 Å². The Bertz CT molecular complexity index is 434. The van der Waals surface area contributed by atoms with Gasteiger partial charge in [-0.1, -0.05) is 29.4 Å². The Balaban J connectivity index is 2.40. The second-order valence-corrected chi connectivity index (χ2v) is 6.77. The van der Waals surface area contributed by atoms with Crippen LogP contribution < -0.4 is 0 Å². The quantitative estimate of drug-likeness (QED) is 0.687. The van der Waals surface area contributed by atoms with Crippen LogP contribution in [0.3, 0.4) is 0 Å². The summed E-state index contributed by atoms with van der Waals surface area (Å²) in [5.41, 5.74) is 1.99. The fourth-order valence-corrected chi connectivity index (χ4v) is 2.74. The highest BCUT2D eigenvalue weighted by atomic mass is 16.3. The third-order valence-corrected chi connectivity index (χ3v) is 4.29. The third-order valence-electron chi connectivity index (χ3n) is 4.29. The van der Waals surface area contributed by atoms with Crippen molar-refractivity contribution < 1.29 is 9.90 Å². The Kier molecular flexibility index (Phi) is 7.10. The lowest BCUT2D eigenvalue weighted by molar-refractivity contribution is -0.118. The minimum atomic E-state index is -0.753. The molecule has 2 nitrogen and oxygen atoms in total. The second-order valence-electron chi connectivity index (χ2n) is 6.77. The molecule has 21 heavy (non-hydrogen) atoms. The van der Waals surface area contributed by atoms with Crippen LogP contribution >= 0.6 is 0 Å². The number of rotatable bonds is 7. The number of carbonyl (C=O) groups is 1. The maximum Gasteiger partial charge on any atom is 0.155 e. The zero-order chi connectivity index (χ0) is 15.9. The van der Waals surface area contributed by atoms with Crippen LogP contribution in [-0.2, 0) is 4.79 Å². The van der Waals surface area contributed by atoms with Crippen molar-refractivity contribution in [1.29, 1.82) is 0 Å². The number of aliphatic hydroxyl groups is 1. The monoisotopic (exact) mass is 290 g/mol. The topological polar surface area (TPSA) is 37.3 Å². The van der Waals surface area contributed by atoms with Gasteiger partial charge < -0.3 is 5.11 Å². The van der Waals surface area contributed by atoms with Crippen molar-refractivity contribution in [1.82, 2.24) is 0 Å². The molecular weight excluding hydrogens is 260 g/mol. The summed E-state index contributed by atoms with van der Waals surface area (Å²) in [4.78, 5) is 11.5. The van der Waals surface area contributed by atoms with Crippen molar-refractivity contribution in [2.45, 2.75) is 71.8 Å². The maximum absolute atomic E-state index is 11.5. The predicted molar refractivity (Wildman–Crippen MR) is 89.2 cm³/mol. The van der Waals surface area contributed by atoms with Gasteiger partial charge in [0.05, 0.1) is 5.60 Å². The highest BCUT2D eigenvalue weighted by Gasteiger charge is 2.32. The second kappa shape index (κ2) is 8.33. The SMILES string of the molecule is CC(C)=CCC/C(C)=C/CC[C@](C)(O)[C@@H]1CC=CC(=O)C1. The maximum atomic E-state index is 11.5. The van der Waals surface area contributed by atoms with Crippen molar-refractivity contribution in [2.24, 2.45) is 5.92 Å². The zero-order valence-electron chi connectivity index (χ0n) is 14.0. The van der Waals surface area contributed by atoms with Crippen LogP contribution in [0.2, 0.25) is 0 Å². The van der Waals surface area contributed by atoms with E-state index < -0.39 is 5.60 Å². The zero-order valence-corrected chi connectivity index (χ0v) is 14.0. The Labute approximate surface area is 129 Å². The van der Waals surface area contributed by atoms with E-state index in [0.717, 1.165) is 32.1 Å². The van der Waals surface area contributed by atoms with Crippen LogP contribution in [0.1, 0.15) is 66.2 Å². The van der Waals surface area contributed by atoms with Crippen molar-refractivity contribution in [3.05, 3.63) is 35.5 Å². The molecule has 1 rings (SSSR count). The first-order chi connectivity index (χ1) is 9.81.